The van der Waals surface area contributed by atoms with Crippen LogP contribution in [0, 0.1) is 0 Å². The van der Waals surface area contributed by atoms with Gasteiger partial charge in [-0.25, -0.2) is 4.79 Å². The molecule has 8 heteroatoms. The molecule has 0 saturated carbocycles. The van der Waals surface area contributed by atoms with Gasteiger partial charge in [0.25, 0.3) is 0 Å². The van der Waals surface area contributed by atoms with Crippen LogP contribution in [0.25, 0.3) is 0 Å². The van der Waals surface area contributed by atoms with Gasteiger partial charge in [0.05, 0.1) is 20.6 Å². The molecule has 0 saturated heterocycles. The highest BCUT2D eigenvalue weighted by molar-refractivity contribution is 6.35. The smallest absolute Gasteiger partial charge is 0.338 e. The van der Waals surface area contributed by atoms with Gasteiger partial charge in [0.2, 0.25) is 0 Å². The van der Waals surface area contributed by atoms with E-state index in [-0.39, 0.29) is 12.2 Å². The van der Waals surface area contributed by atoms with Crippen LogP contribution in [-0.2, 0) is 30.3 Å². The van der Waals surface area contributed by atoms with Gasteiger partial charge in [-0.2, -0.15) is 0 Å². The summed E-state index contributed by atoms with van der Waals surface area (Å²) in [4.78, 5) is 35.3. The van der Waals surface area contributed by atoms with E-state index < -0.39 is 30.4 Å². The van der Waals surface area contributed by atoms with Crippen LogP contribution in [0.4, 0.5) is 0 Å². The molecule has 0 radical (unpaired) electrons. The number of carbonyl (C=O) groups is 3. The number of esters is 2. The first-order valence-electron chi connectivity index (χ1n) is 8.55. The summed E-state index contributed by atoms with van der Waals surface area (Å²) in [7, 11) is 2.21. The lowest BCUT2D eigenvalue weighted by Crippen LogP contribution is -2.43. The molecule has 150 valence electrons. The van der Waals surface area contributed by atoms with Gasteiger partial charge in [-0.05, 0) is 37.0 Å². The van der Waals surface area contributed by atoms with Crippen LogP contribution >= 0.6 is 23.2 Å². The molecule has 6 nitrogen and oxygen atoms in total. The van der Waals surface area contributed by atoms with Gasteiger partial charge in [0.15, 0.2) is 5.60 Å². The summed E-state index contributed by atoms with van der Waals surface area (Å²) in [5.41, 5.74) is -1.21. The van der Waals surface area contributed by atoms with E-state index in [0.29, 0.717) is 16.5 Å². The minimum Gasteiger partial charge on any atom is -0.469 e. The summed E-state index contributed by atoms with van der Waals surface area (Å²) in [5.74, 6) is -2.15. The molecule has 0 aliphatic carbocycles. The second kappa shape index (κ2) is 11.3. The molecule has 1 aromatic rings. The summed E-state index contributed by atoms with van der Waals surface area (Å²) in [6.45, 7) is 0. The molecule has 0 amide bonds. The van der Waals surface area contributed by atoms with Crippen molar-refractivity contribution in [3.05, 3.63) is 33.8 Å². The Kier molecular flexibility index (Phi) is 9.77. The lowest BCUT2D eigenvalue weighted by atomic mass is 9.91. The van der Waals surface area contributed by atoms with Gasteiger partial charge in [-0.1, -0.05) is 35.7 Å². The lowest BCUT2D eigenvalue weighted by molar-refractivity contribution is -0.171. The molecular weight excluding hydrogens is 395 g/mol. The van der Waals surface area contributed by atoms with Crippen LogP contribution < -0.4 is 0 Å². The number of unbranched alkanes of at least 4 members (excludes halogenated alkanes) is 2. The number of methoxy groups -OCH3 is 2. The Morgan fingerprint density at radius 2 is 1.74 bits per heavy atom. The predicted octanol–water partition coefficient (Wildman–Crippen LogP) is 3.52. The van der Waals surface area contributed by atoms with Crippen molar-refractivity contribution < 1.29 is 29.0 Å². The van der Waals surface area contributed by atoms with Crippen LogP contribution in [0.5, 0.6) is 0 Å². The topological polar surface area (TPSA) is 89.9 Å². The number of rotatable bonds is 11. The van der Waals surface area contributed by atoms with E-state index in [9.17, 15) is 19.5 Å². The molecule has 1 aromatic carbocycles. The van der Waals surface area contributed by atoms with Crippen LogP contribution in [0.15, 0.2) is 18.2 Å². The van der Waals surface area contributed by atoms with Gasteiger partial charge < -0.3 is 14.6 Å². The first-order valence-corrected chi connectivity index (χ1v) is 9.30. The summed E-state index contributed by atoms with van der Waals surface area (Å²) in [6.07, 6.45) is 2.04. The molecule has 0 spiro atoms. The summed E-state index contributed by atoms with van der Waals surface area (Å²) >= 11 is 12.0. The quantitative estimate of drug-likeness (QED) is 0.436. The third-order valence-electron chi connectivity index (χ3n) is 4.14. The Hall–Kier alpha value is -1.63. The number of Topliss-reactive ketones (excluding diaryl/α,β-unsaturated/α-hetero) is 1. The minimum absolute atomic E-state index is 0.189. The second-order valence-electron chi connectivity index (χ2n) is 6.29. The van der Waals surface area contributed by atoms with Crippen molar-refractivity contribution in [1.29, 1.82) is 0 Å². The standard InChI is InChI=1S/C19H24Cl2O6/c1-26-17(23)12-19(25,18(24)27-2)11-15(22)7-5-3-4-6-13-8-9-14(20)10-16(13)21/h8-10,25H,3-7,11-12H2,1-2H3. The molecule has 0 fully saturated rings. The van der Waals surface area contributed by atoms with Crippen molar-refractivity contribution in [2.75, 3.05) is 14.2 Å². The van der Waals surface area contributed by atoms with Crippen LogP contribution in [0.1, 0.15) is 44.1 Å². The second-order valence-corrected chi connectivity index (χ2v) is 7.13. The monoisotopic (exact) mass is 418 g/mol. The van der Waals surface area contributed by atoms with Crippen molar-refractivity contribution in [3.63, 3.8) is 0 Å². The van der Waals surface area contributed by atoms with E-state index in [0.717, 1.165) is 39.0 Å². The highest BCUT2D eigenvalue weighted by Gasteiger charge is 2.41. The van der Waals surface area contributed by atoms with Crippen molar-refractivity contribution >= 4 is 40.9 Å². The van der Waals surface area contributed by atoms with Gasteiger partial charge >= 0.3 is 11.9 Å². The maximum Gasteiger partial charge on any atom is 0.338 e. The Morgan fingerprint density at radius 1 is 1.04 bits per heavy atom. The van der Waals surface area contributed by atoms with Crippen LogP contribution in [-0.4, -0.2) is 42.6 Å². The molecule has 1 atom stereocenters. The van der Waals surface area contributed by atoms with E-state index in [2.05, 4.69) is 9.47 Å². The number of ketones is 1. The Labute approximate surface area is 168 Å². The lowest BCUT2D eigenvalue weighted by Gasteiger charge is -2.23. The molecule has 0 heterocycles. The normalized spacial score (nSPS) is 12.9. The number of halogens is 2. The number of hydrogen-bond donors (Lipinski definition) is 1. The fourth-order valence-corrected chi connectivity index (χ4v) is 3.16. The van der Waals surface area contributed by atoms with Crippen LogP contribution in [0.3, 0.4) is 0 Å². The zero-order chi connectivity index (χ0) is 20.4. The molecule has 1 unspecified atom stereocenters. The summed E-state index contributed by atoms with van der Waals surface area (Å²) in [5, 5.41) is 11.5. The third-order valence-corrected chi connectivity index (χ3v) is 4.72. The van der Waals surface area contributed by atoms with Crippen molar-refractivity contribution in [3.8, 4) is 0 Å². The summed E-state index contributed by atoms with van der Waals surface area (Å²) in [6, 6.07) is 5.34. The minimum atomic E-state index is -2.20. The molecule has 0 aromatic heterocycles. The Balaban J connectivity index is 2.43. The first-order chi connectivity index (χ1) is 12.7. The third kappa shape index (κ3) is 7.87. The molecule has 1 rings (SSSR count). The Morgan fingerprint density at radius 3 is 2.33 bits per heavy atom. The first kappa shape index (κ1) is 23.4. The van der Waals surface area contributed by atoms with E-state index in [1.807, 2.05) is 6.07 Å². The molecule has 0 aliphatic heterocycles. The number of benzene rings is 1. The average Bonchev–Trinajstić information content (AvgIpc) is 2.61. The molecular formula is C19H24Cl2O6. The van der Waals surface area contributed by atoms with Gasteiger partial charge in [-0.15, -0.1) is 0 Å². The van der Waals surface area contributed by atoms with Gasteiger partial charge in [-0.3, -0.25) is 9.59 Å². The SMILES string of the molecule is COC(=O)CC(O)(CC(=O)CCCCCc1ccc(Cl)cc1Cl)C(=O)OC. The number of hydrogen-bond acceptors (Lipinski definition) is 6. The maximum absolute atomic E-state index is 12.1. The largest absolute Gasteiger partial charge is 0.469 e. The van der Waals surface area contributed by atoms with Gasteiger partial charge in [0, 0.05) is 22.9 Å². The zero-order valence-electron chi connectivity index (χ0n) is 15.4. The fraction of sp³-hybridized carbons (Fsp3) is 0.526. The van der Waals surface area contributed by atoms with Crippen molar-refractivity contribution in [2.45, 2.75) is 50.5 Å². The molecule has 0 aliphatic rings. The fourth-order valence-electron chi connectivity index (χ4n) is 2.66. The molecule has 27 heavy (non-hydrogen) atoms. The molecule has 1 N–H and O–H groups in total. The average molecular weight is 419 g/mol. The Bertz CT molecular complexity index is 676. The van der Waals surface area contributed by atoms with E-state index in [4.69, 9.17) is 23.2 Å². The maximum atomic E-state index is 12.1. The van der Waals surface area contributed by atoms with E-state index >= 15 is 0 Å². The van der Waals surface area contributed by atoms with Crippen molar-refractivity contribution in [2.24, 2.45) is 0 Å². The molecule has 0 bridgehead atoms. The predicted molar refractivity (Wildman–Crippen MR) is 102 cm³/mol. The number of aryl methyl sites for hydroxylation is 1. The van der Waals surface area contributed by atoms with Crippen molar-refractivity contribution in [1.82, 2.24) is 0 Å². The number of ether oxygens (including phenoxy) is 2. The number of aliphatic hydroxyl groups is 1. The zero-order valence-corrected chi connectivity index (χ0v) is 16.9. The number of carbonyl (C=O) groups excluding carboxylic acids is 3. The highest BCUT2D eigenvalue weighted by atomic mass is 35.5. The van der Waals surface area contributed by atoms with Crippen LogP contribution in [0.2, 0.25) is 10.0 Å². The van der Waals surface area contributed by atoms with E-state index in [1.54, 1.807) is 12.1 Å². The highest BCUT2D eigenvalue weighted by Crippen LogP contribution is 2.23. The summed E-state index contributed by atoms with van der Waals surface area (Å²) < 4.78 is 8.96. The van der Waals surface area contributed by atoms with E-state index in [1.165, 1.54) is 0 Å². The van der Waals surface area contributed by atoms with Gasteiger partial charge in [0.1, 0.15) is 5.78 Å².